The maximum Gasteiger partial charge on any atom is 0.223 e. The molecule has 0 radical (unpaired) electrons. The number of ether oxygens (including phenoxy) is 1. The summed E-state index contributed by atoms with van der Waals surface area (Å²) >= 11 is 0. The summed E-state index contributed by atoms with van der Waals surface area (Å²) in [4.78, 5) is 8.77. The second-order valence-corrected chi connectivity index (χ2v) is 6.50. The summed E-state index contributed by atoms with van der Waals surface area (Å²) in [6.07, 6.45) is 6.44. The van der Waals surface area contributed by atoms with E-state index >= 15 is 0 Å². The summed E-state index contributed by atoms with van der Waals surface area (Å²) in [7, 11) is 0. The van der Waals surface area contributed by atoms with Gasteiger partial charge in [-0.15, -0.1) is 0 Å². The van der Waals surface area contributed by atoms with Gasteiger partial charge in [-0.3, -0.25) is 0 Å². The molecule has 6 heteroatoms. The fourth-order valence-corrected chi connectivity index (χ4v) is 3.25. The zero-order valence-corrected chi connectivity index (χ0v) is 14.2. The lowest BCUT2D eigenvalue weighted by molar-refractivity contribution is 0.212. The summed E-state index contributed by atoms with van der Waals surface area (Å²) in [6.45, 7) is 0.0980. The first kappa shape index (κ1) is 16.7. The molecule has 0 aliphatic heterocycles. The quantitative estimate of drug-likeness (QED) is 0.711. The molecule has 1 heterocycles. The van der Waals surface area contributed by atoms with Crippen LogP contribution in [-0.2, 0) is 6.54 Å². The Morgan fingerprint density at radius 3 is 2.81 bits per heavy atom. The number of nitrogens with one attached hydrogen (secondary N) is 1. The van der Waals surface area contributed by atoms with Gasteiger partial charge in [0, 0.05) is 23.7 Å². The smallest absolute Gasteiger partial charge is 0.223 e. The summed E-state index contributed by atoms with van der Waals surface area (Å²) in [5.41, 5.74) is 0.945. The Hall–Kier alpha value is -2.76. The van der Waals surface area contributed by atoms with Gasteiger partial charge in [0.25, 0.3) is 0 Å². The molecule has 1 saturated carbocycles. The maximum atomic E-state index is 13.7. The van der Waals surface area contributed by atoms with E-state index < -0.39 is 11.6 Å². The van der Waals surface area contributed by atoms with Crippen LogP contribution in [0.5, 0.6) is 5.75 Å². The first-order valence-electron chi connectivity index (χ1n) is 8.79. The molecule has 1 fully saturated rings. The zero-order valence-electron chi connectivity index (χ0n) is 14.2. The molecular formula is C20H19F2N3O. The standard InChI is InChI=1S/C20H19F2N3O/c21-15-8-9-17(22)14(10-15)12-24-20-23-11-13-4-3-7-18(19(13)25-20)26-16-5-1-2-6-16/h3-4,7-11,16H,1-2,5-6,12H2,(H,23,24,25). The van der Waals surface area contributed by atoms with E-state index in [0.29, 0.717) is 5.95 Å². The molecule has 26 heavy (non-hydrogen) atoms. The Balaban J connectivity index is 1.56. The van der Waals surface area contributed by atoms with Gasteiger partial charge in [-0.1, -0.05) is 12.1 Å². The highest BCUT2D eigenvalue weighted by Gasteiger charge is 2.18. The fraction of sp³-hybridized carbons (Fsp3) is 0.300. The number of para-hydroxylation sites is 1. The van der Waals surface area contributed by atoms with E-state index in [1.807, 2.05) is 18.2 Å². The van der Waals surface area contributed by atoms with E-state index in [9.17, 15) is 8.78 Å². The van der Waals surface area contributed by atoms with E-state index in [1.165, 1.54) is 12.8 Å². The van der Waals surface area contributed by atoms with E-state index in [-0.39, 0.29) is 18.2 Å². The van der Waals surface area contributed by atoms with Gasteiger partial charge in [0.15, 0.2) is 0 Å². The van der Waals surface area contributed by atoms with E-state index in [0.717, 1.165) is 47.7 Å². The van der Waals surface area contributed by atoms with Gasteiger partial charge in [-0.25, -0.2) is 18.7 Å². The molecule has 0 amide bonds. The minimum absolute atomic E-state index is 0.0980. The monoisotopic (exact) mass is 355 g/mol. The van der Waals surface area contributed by atoms with Gasteiger partial charge in [-0.05, 0) is 49.9 Å². The van der Waals surface area contributed by atoms with Crippen molar-refractivity contribution < 1.29 is 13.5 Å². The first-order valence-corrected chi connectivity index (χ1v) is 8.79. The number of fused-ring (bicyclic) bond motifs is 1. The van der Waals surface area contributed by atoms with E-state index in [4.69, 9.17) is 4.74 Å². The Morgan fingerprint density at radius 2 is 1.96 bits per heavy atom. The van der Waals surface area contributed by atoms with Crippen LogP contribution >= 0.6 is 0 Å². The highest BCUT2D eigenvalue weighted by atomic mass is 19.1. The van der Waals surface area contributed by atoms with Gasteiger partial charge >= 0.3 is 0 Å². The predicted molar refractivity (Wildman–Crippen MR) is 96.1 cm³/mol. The highest BCUT2D eigenvalue weighted by molar-refractivity contribution is 5.84. The number of hydrogen-bond acceptors (Lipinski definition) is 4. The number of aromatic nitrogens is 2. The zero-order chi connectivity index (χ0) is 17.9. The SMILES string of the molecule is Fc1ccc(F)c(CNc2ncc3cccc(OC4CCCC4)c3n2)c1. The minimum atomic E-state index is -0.477. The predicted octanol–water partition coefficient (Wildman–Crippen LogP) is 4.84. The van der Waals surface area contributed by atoms with Crippen molar-refractivity contribution in [2.45, 2.75) is 38.3 Å². The number of anilines is 1. The third kappa shape index (κ3) is 3.59. The average molecular weight is 355 g/mol. The van der Waals surface area contributed by atoms with Gasteiger partial charge in [0.1, 0.15) is 22.9 Å². The second kappa shape index (κ2) is 7.23. The maximum absolute atomic E-state index is 13.7. The minimum Gasteiger partial charge on any atom is -0.488 e. The highest BCUT2D eigenvalue weighted by Crippen LogP contribution is 2.29. The van der Waals surface area contributed by atoms with Crippen LogP contribution in [0.15, 0.2) is 42.6 Å². The molecule has 1 N–H and O–H groups in total. The van der Waals surface area contributed by atoms with Gasteiger partial charge in [0.2, 0.25) is 5.95 Å². The molecule has 3 aromatic rings. The molecule has 1 aliphatic carbocycles. The number of benzene rings is 2. The lowest BCUT2D eigenvalue weighted by Gasteiger charge is -2.15. The lowest BCUT2D eigenvalue weighted by Crippen LogP contribution is -2.11. The largest absolute Gasteiger partial charge is 0.488 e. The van der Waals surface area contributed by atoms with Crippen molar-refractivity contribution in [2.24, 2.45) is 0 Å². The van der Waals surface area contributed by atoms with E-state index in [1.54, 1.807) is 6.20 Å². The Kier molecular flexibility index (Phi) is 4.65. The van der Waals surface area contributed by atoms with Crippen LogP contribution < -0.4 is 10.1 Å². The van der Waals surface area contributed by atoms with Gasteiger partial charge in [0.05, 0.1) is 6.10 Å². The van der Waals surface area contributed by atoms with Crippen molar-refractivity contribution in [3.63, 3.8) is 0 Å². The summed E-state index contributed by atoms with van der Waals surface area (Å²) in [5.74, 6) is 0.139. The molecule has 0 unspecified atom stereocenters. The third-order valence-electron chi connectivity index (χ3n) is 4.61. The average Bonchev–Trinajstić information content (AvgIpc) is 3.16. The van der Waals surface area contributed by atoms with Crippen molar-refractivity contribution >= 4 is 16.9 Å². The first-order chi connectivity index (χ1) is 12.7. The normalized spacial score (nSPS) is 14.7. The summed E-state index contributed by atoms with van der Waals surface area (Å²) in [6, 6.07) is 9.12. The van der Waals surface area contributed by atoms with Crippen molar-refractivity contribution in [3.8, 4) is 5.75 Å². The Bertz CT molecular complexity index is 926. The number of hydrogen-bond donors (Lipinski definition) is 1. The van der Waals surface area contributed by atoms with Crippen LogP contribution in [0.2, 0.25) is 0 Å². The number of nitrogens with zero attached hydrogens (tertiary/aromatic N) is 2. The second-order valence-electron chi connectivity index (χ2n) is 6.50. The van der Waals surface area contributed by atoms with Crippen LogP contribution in [-0.4, -0.2) is 16.1 Å². The molecule has 1 aromatic heterocycles. The molecule has 134 valence electrons. The van der Waals surface area contributed by atoms with Crippen molar-refractivity contribution in [1.82, 2.24) is 9.97 Å². The molecule has 0 atom stereocenters. The third-order valence-corrected chi connectivity index (χ3v) is 4.61. The van der Waals surface area contributed by atoms with Crippen LogP contribution in [0.1, 0.15) is 31.2 Å². The summed E-state index contributed by atoms with van der Waals surface area (Å²) < 4.78 is 33.1. The molecule has 0 bridgehead atoms. The lowest BCUT2D eigenvalue weighted by atomic mass is 10.2. The van der Waals surface area contributed by atoms with Crippen LogP contribution in [0, 0.1) is 11.6 Å². The number of rotatable bonds is 5. The Morgan fingerprint density at radius 1 is 1.12 bits per heavy atom. The molecule has 0 spiro atoms. The van der Waals surface area contributed by atoms with E-state index in [2.05, 4.69) is 15.3 Å². The number of halogens is 2. The molecule has 2 aromatic carbocycles. The molecule has 1 aliphatic rings. The van der Waals surface area contributed by atoms with Crippen LogP contribution in [0.3, 0.4) is 0 Å². The summed E-state index contributed by atoms with van der Waals surface area (Å²) in [5, 5.41) is 3.84. The van der Waals surface area contributed by atoms with Gasteiger partial charge in [-0.2, -0.15) is 0 Å². The van der Waals surface area contributed by atoms with Crippen LogP contribution in [0.25, 0.3) is 10.9 Å². The molecule has 4 nitrogen and oxygen atoms in total. The fourth-order valence-electron chi connectivity index (χ4n) is 3.25. The Labute approximate surface area is 150 Å². The van der Waals surface area contributed by atoms with Crippen molar-refractivity contribution in [3.05, 3.63) is 59.8 Å². The topological polar surface area (TPSA) is 47.0 Å². The van der Waals surface area contributed by atoms with Crippen LogP contribution in [0.4, 0.5) is 14.7 Å². The molecule has 4 rings (SSSR count). The van der Waals surface area contributed by atoms with Crippen molar-refractivity contribution in [1.29, 1.82) is 0 Å². The van der Waals surface area contributed by atoms with Crippen molar-refractivity contribution in [2.75, 3.05) is 5.32 Å². The molecular weight excluding hydrogens is 336 g/mol. The molecule has 0 saturated heterocycles. The van der Waals surface area contributed by atoms with Gasteiger partial charge < -0.3 is 10.1 Å².